The molecule has 7 nitrogen and oxygen atoms in total. The first kappa shape index (κ1) is 26.5. The van der Waals surface area contributed by atoms with E-state index in [-0.39, 0.29) is 6.61 Å². The summed E-state index contributed by atoms with van der Waals surface area (Å²) in [7, 11) is 3.78. The molecule has 0 radical (unpaired) electrons. The summed E-state index contributed by atoms with van der Waals surface area (Å²) in [4.78, 5) is 27.3. The van der Waals surface area contributed by atoms with E-state index in [1.54, 1.807) is 41.5 Å². The number of carbonyl (C=O) groups is 2. The predicted octanol–water partition coefficient (Wildman–Crippen LogP) is 3.37. The lowest BCUT2D eigenvalue weighted by Gasteiger charge is -2.28. The van der Waals surface area contributed by atoms with Crippen molar-refractivity contribution in [1.29, 1.82) is 0 Å². The zero-order valence-corrected chi connectivity index (χ0v) is 19.9. The number of hydrogen-bond acceptors (Lipinski definition) is 6. The molecule has 0 saturated heterocycles. The van der Waals surface area contributed by atoms with Crippen molar-refractivity contribution >= 4 is 12.1 Å². The van der Waals surface area contributed by atoms with E-state index < -0.39 is 35.4 Å². The fourth-order valence-electron chi connectivity index (χ4n) is 2.34. The molecule has 7 heteroatoms. The molecule has 0 aliphatic rings. The van der Waals surface area contributed by atoms with E-state index in [1.807, 2.05) is 49.3 Å². The Morgan fingerprint density at radius 2 is 1.58 bits per heavy atom. The molecule has 0 spiro atoms. The molecule has 1 aromatic rings. The molecule has 0 saturated carbocycles. The van der Waals surface area contributed by atoms with Crippen molar-refractivity contribution in [3.05, 3.63) is 35.9 Å². The number of nitrogens with one attached hydrogen (secondary N) is 1. The number of benzene rings is 1. The van der Waals surface area contributed by atoms with Gasteiger partial charge in [-0.25, -0.2) is 9.59 Å². The molecule has 2 atom stereocenters. The largest absolute Gasteiger partial charge is 0.458 e. The third-order valence-electron chi connectivity index (χ3n) is 3.55. The van der Waals surface area contributed by atoms with E-state index in [0.717, 1.165) is 5.56 Å². The van der Waals surface area contributed by atoms with Gasteiger partial charge in [-0.15, -0.1) is 0 Å². The molecule has 31 heavy (non-hydrogen) atoms. The summed E-state index contributed by atoms with van der Waals surface area (Å²) in [5, 5.41) is 2.59. The molecule has 1 N–H and O–H groups in total. The van der Waals surface area contributed by atoms with Gasteiger partial charge in [0.2, 0.25) is 0 Å². The summed E-state index contributed by atoms with van der Waals surface area (Å²) in [6, 6.07) is 8.37. The molecule has 0 aliphatic carbocycles. The minimum absolute atomic E-state index is 0.220. The van der Waals surface area contributed by atoms with Crippen LogP contribution < -0.4 is 5.32 Å². The number of esters is 1. The summed E-state index contributed by atoms with van der Waals surface area (Å²) in [5.74, 6) is 5.32. The van der Waals surface area contributed by atoms with Crippen LogP contribution in [0.5, 0.6) is 0 Å². The van der Waals surface area contributed by atoms with Crippen molar-refractivity contribution in [3.8, 4) is 11.8 Å². The minimum atomic E-state index is -1.16. The maximum atomic E-state index is 13.0. The molecule has 1 aromatic carbocycles. The van der Waals surface area contributed by atoms with Gasteiger partial charge in [-0.2, -0.15) is 0 Å². The molecule has 1 rings (SSSR count). The molecular weight excluding hydrogens is 396 g/mol. The van der Waals surface area contributed by atoms with Crippen molar-refractivity contribution < 1.29 is 23.8 Å². The summed E-state index contributed by atoms with van der Waals surface area (Å²) < 4.78 is 16.8. The zero-order valence-electron chi connectivity index (χ0n) is 19.9. The van der Waals surface area contributed by atoms with Crippen LogP contribution in [0.2, 0.25) is 0 Å². The van der Waals surface area contributed by atoms with Gasteiger partial charge in [-0.05, 0) is 61.2 Å². The van der Waals surface area contributed by atoms with E-state index in [1.165, 1.54) is 0 Å². The number of alkyl carbamates (subject to hydrolysis) is 1. The second-order valence-corrected chi connectivity index (χ2v) is 9.43. The van der Waals surface area contributed by atoms with Crippen LogP contribution >= 0.6 is 0 Å². The molecular formula is C24H36N2O5. The van der Waals surface area contributed by atoms with Crippen LogP contribution in [0.4, 0.5) is 4.79 Å². The highest BCUT2D eigenvalue weighted by Gasteiger charge is 2.35. The summed E-state index contributed by atoms with van der Waals surface area (Å²) in [5.41, 5.74) is -0.548. The van der Waals surface area contributed by atoms with Crippen LogP contribution in [0, 0.1) is 11.8 Å². The average molecular weight is 433 g/mol. The second kappa shape index (κ2) is 11.7. The molecule has 0 unspecified atom stereocenters. The fraction of sp³-hybridized carbons (Fsp3) is 0.583. The monoisotopic (exact) mass is 432 g/mol. The smallest absolute Gasteiger partial charge is 0.408 e. The summed E-state index contributed by atoms with van der Waals surface area (Å²) in [6.07, 6.45) is -1.67. The Labute approximate surface area is 186 Å². The van der Waals surface area contributed by atoms with Crippen molar-refractivity contribution in [2.45, 2.75) is 71.5 Å². The Morgan fingerprint density at radius 3 is 2.10 bits per heavy atom. The minimum Gasteiger partial charge on any atom is -0.458 e. The van der Waals surface area contributed by atoms with Crippen LogP contribution in [0.15, 0.2) is 30.3 Å². The molecule has 0 aliphatic heterocycles. The molecule has 0 bridgehead atoms. The van der Waals surface area contributed by atoms with Crippen molar-refractivity contribution in [1.82, 2.24) is 10.2 Å². The number of nitrogens with zero attached hydrogens (tertiary/aromatic N) is 1. The number of carbonyl (C=O) groups excluding carboxylic acids is 2. The average Bonchev–Trinajstić information content (AvgIpc) is 2.60. The second-order valence-electron chi connectivity index (χ2n) is 9.43. The SMILES string of the molecule is CN(C)CC#C[C@@H](OCc1ccccc1)[C@@H](NC(=O)OC(C)(C)C)C(=O)OC(C)(C)C. The molecule has 172 valence electrons. The van der Waals surface area contributed by atoms with Crippen LogP contribution in [0.25, 0.3) is 0 Å². The van der Waals surface area contributed by atoms with Gasteiger partial charge < -0.3 is 19.5 Å². The first-order chi connectivity index (χ1) is 14.3. The highest BCUT2D eigenvalue weighted by molar-refractivity contribution is 5.83. The number of hydrogen-bond donors (Lipinski definition) is 1. The van der Waals surface area contributed by atoms with Gasteiger partial charge >= 0.3 is 12.1 Å². The lowest BCUT2D eigenvalue weighted by molar-refractivity contribution is -0.160. The summed E-state index contributed by atoms with van der Waals surface area (Å²) >= 11 is 0. The standard InChI is InChI=1S/C24H36N2O5/c1-23(2,3)30-21(27)20(25-22(28)31-24(4,5)6)19(15-12-16-26(7)8)29-17-18-13-10-9-11-14-18/h9-11,13-14,19-20H,16-17H2,1-8H3,(H,25,28)/t19-,20-/m1/s1. The summed E-state index contributed by atoms with van der Waals surface area (Å²) in [6.45, 7) is 11.2. The number of amides is 1. The highest BCUT2D eigenvalue weighted by Crippen LogP contribution is 2.14. The molecule has 0 heterocycles. The van der Waals surface area contributed by atoms with E-state index >= 15 is 0 Å². The highest BCUT2D eigenvalue weighted by atomic mass is 16.6. The van der Waals surface area contributed by atoms with Crippen LogP contribution in [0.3, 0.4) is 0 Å². The number of ether oxygens (including phenoxy) is 3. The van der Waals surface area contributed by atoms with Gasteiger partial charge in [-0.1, -0.05) is 42.2 Å². The van der Waals surface area contributed by atoms with Crippen molar-refractivity contribution in [2.75, 3.05) is 20.6 Å². The normalized spacial score (nSPS) is 13.6. The van der Waals surface area contributed by atoms with E-state index in [0.29, 0.717) is 6.54 Å². The molecule has 1 amide bonds. The van der Waals surface area contributed by atoms with Crippen LogP contribution in [0.1, 0.15) is 47.1 Å². The van der Waals surface area contributed by atoms with Gasteiger partial charge in [0.25, 0.3) is 0 Å². The van der Waals surface area contributed by atoms with Crippen LogP contribution in [-0.4, -0.2) is 61.0 Å². The molecule has 0 aromatic heterocycles. The van der Waals surface area contributed by atoms with Gasteiger partial charge in [0.05, 0.1) is 13.2 Å². The zero-order chi connectivity index (χ0) is 23.7. The van der Waals surface area contributed by atoms with Crippen molar-refractivity contribution in [2.24, 2.45) is 0 Å². The first-order valence-corrected chi connectivity index (χ1v) is 10.3. The predicted molar refractivity (Wildman–Crippen MR) is 120 cm³/mol. The van der Waals surface area contributed by atoms with Gasteiger partial charge in [0.1, 0.15) is 17.3 Å². The Morgan fingerprint density at radius 1 is 1.00 bits per heavy atom. The third kappa shape index (κ3) is 12.0. The third-order valence-corrected chi connectivity index (χ3v) is 3.55. The maximum Gasteiger partial charge on any atom is 0.408 e. The van der Waals surface area contributed by atoms with Crippen molar-refractivity contribution in [3.63, 3.8) is 0 Å². The Balaban J connectivity index is 3.16. The Bertz CT molecular complexity index is 767. The topological polar surface area (TPSA) is 77.1 Å². The van der Waals surface area contributed by atoms with Crippen LogP contribution in [-0.2, 0) is 25.6 Å². The van der Waals surface area contributed by atoms with E-state index in [4.69, 9.17) is 14.2 Å². The fourth-order valence-corrected chi connectivity index (χ4v) is 2.34. The first-order valence-electron chi connectivity index (χ1n) is 10.3. The quantitative estimate of drug-likeness (QED) is 0.526. The van der Waals surface area contributed by atoms with E-state index in [9.17, 15) is 9.59 Å². The maximum absolute atomic E-state index is 13.0. The molecule has 0 fully saturated rings. The Hall–Kier alpha value is -2.56. The van der Waals surface area contributed by atoms with Gasteiger partial charge in [-0.3, -0.25) is 4.90 Å². The van der Waals surface area contributed by atoms with Gasteiger partial charge in [0.15, 0.2) is 6.04 Å². The number of rotatable bonds is 7. The Kier molecular flexibility index (Phi) is 10.0. The van der Waals surface area contributed by atoms with Gasteiger partial charge in [0, 0.05) is 0 Å². The lowest BCUT2D eigenvalue weighted by atomic mass is 10.1. The lowest BCUT2D eigenvalue weighted by Crippen LogP contribution is -2.52. The van der Waals surface area contributed by atoms with E-state index in [2.05, 4.69) is 17.2 Å².